The smallest absolute Gasteiger partial charge is 0.306 e. The predicted molar refractivity (Wildman–Crippen MR) is 92.9 cm³/mol. The van der Waals surface area contributed by atoms with Gasteiger partial charge in [-0.05, 0) is 58.1 Å². The Bertz CT molecular complexity index is 532. The number of rotatable bonds is 8. The minimum Gasteiger partial charge on any atom is -0.493 e. The van der Waals surface area contributed by atoms with Crippen LogP contribution in [0.25, 0.3) is 0 Å². The first kappa shape index (κ1) is 18.1. The van der Waals surface area contributed by atoms with Crippen LogP contribution in [0.2, 0.25) is 0 Å². The van der Waals surface area contributed by atoms with Crippen LogP contribution >= 0.6 is 15.9 Å². The average molecular weight is 385 g/mol. The van der Waals surface area contributed by atoms with E-state index >= 15 is 0 Å². The van der Waals surface area contributed by atoms with Gasteiger partial charge in [0.1, 0.15) is 17.1 Å². The van der Waals surface area contributed by atoms with Gasteiger partial charge in [-0.25, -0.2) is 0 Å². The Kier molecular flexibility index (Phi) is 6.33. The molecule has 1 aliphatic carbocycles. The molecule has 1 aliphatic rings. The van der Waals surface area contributed by atoms with Crippen molar-refractivity contribution in [2.24, 2.45) is 5.92 Å². The third kappa shape index (κ3) is 7.73. The Morgan fingerprint density at radius 3 is 2.43 bits per heavy atom. The van der Waals surface area contributed by atoms with E-state index in [0.717, 1.165) is 22.6 Å². The van der Waals surface area contributed by atoms with Gasteiger partial charge in [0, 0.05) is 17.0 Å². The van der Waals surface area contributed by atoms with Crippen molar-refractivity contribution in [1.82, 2.24) is 0 Å². The molecule has 128 valence electrons. The number of carbonyl (C=O) groups is 1. The fraction of sp³-hybridized carbons (Fsp3) is 0.611. The molecule has 0 amide bonds. The Balaban J connectivity index is 1.73. The summed E-state index contributed by atoms with van der Waals surface area (Å²) < 4.78 is 17.7. The van der Waals surface area contributed by atoms with E-state index in [1.54, 1.807) is 0 Å². The average Bonchev–Trinajstić information content (AvgIpc) is 3.23. The SMILES string of the molecule is CC(C)(C)OC(=O)CCCOc1cc(Br)cc(OCC2CC2)c1. The molecule has 0 unspecified atom stereocenters. The maximum atomic E-state index is 11.6. The van der Waals surface area contributed by atoms with Crippen LogP contribution in [0.1, 0.15) is 46.5 Å². The molecule has 1 fully saturated rings. The quantitative estimate of drug-likeness (QED) is 0.479. The second kappa shape index (κ2) is 8.04. The topological polar surface area (TPSA) is 44.8 Å². The van der Waals surface area contributed by atoms with Crippen LogP contribution in [0.5, 0.6) is 11.5 Å². The summed E-state index contributed by atoms with van der Waals surface area (Å²) in [6.45, 7) is 6.84. The molecule has 0 spiro atoms. The third-order valence-electron chi connectivity index (χ3n) is 3.24. The van der Waals surface area contributed by atoms with Gasteiger partial charge in [0.05, 0.1) is 13.2 Å². The fourth-order valence-electron chi connectivity index (χ4n) is 2.00. The lowest BCUT2D eigenvalue weighted by atomic mass is 10.2. The molecule has 23 heavy (non-hydrogen) atoms. The summed E-state index contributed by atoms with van der Waals surface area (Å²) in [5.74, 6) is 2.08. The monoisotopic (exact) mass is 384 g/mol. The second-order valence-corrected chi connectivity index (χ2v) is 7.83. The largest absolute Gasteiger partial charge is 0.493 e. The first-order valence-electron chi connectivity index (χ1n) is 8.10. The van der Waals surface area contributed by atoms with Crippen molar-refractivity contribution in [3.8, 4) is 11.5 Å². The van der Waals surface area contributed by atoms with Crippen LogP contribution in [0.4, 0.5) is 0 Å². The van der Waals surface area contributed by atoms with E-state index in [1.165, 1.54) is 12.8 Å². The van der Waals surface area contributed by atoms with Crippen LogP contribution in [0.15, 0.2) is 22.7 Å². The van der Waals surface area contributed by atoms with Crippen molar-refractivity contribution in [2.75, 3.05) is 13.2 Å². The second-order valence-electron chi connectivity index (χ2n) is 6.92. The van der Waals surface area contributed by atoms with Gasteiger partial charge in [0.25, 0.3) is 0 Å². The predicted octanol–water partition coefficient (Wildman–Crippen LogP) is 4.74. The van der Waals surface area contributed by atoms with Gasteiger partial charge in [0.2, 0.25) is 0 Å². The number of halogens is 1. The van der Waals surface area contributed by atoms with E-state index in [4.69, 9.17) is 14.2 Å². The number of benzene rings is 1. The number of esters is 1. The van der Waals surface area contributed by atoms with Gasteiger partial charge < -0.3 is 14.2 Å². The molecule has 0 aliphatic heterocycles. The summed E-state index contributed by atoms with van der Waals surface area (Å²) >= 11 is 3.47. The van der Waals surface area contributed by atoms with Crippen molar-refractivity contribution >= 4 is 21.9 Å². The lowest BCUT2D eigenvalue weighted by Crippen LogP contribution is -2.23. The van der Waals surface area contributed by atoms with E-state index in [1.807, 2.05) is 39.0 Å². The Labute approximate surface area is 146 Å². The van der Waals surface area contributed by atoms with Gasteiger partial charge in [-0.3, -0.25) is 4.79 Å². The molecular formula is C18H25BrO4. The molecule has 0 heterocycles. The van der Waals surface area contributed by atoms with Crippen molar-refractivity contribution in [2.45, 2.75) is 52.1 Å². The summed E-state index contributed by atoms with van der Waals surface area (Å²) in [4.78, 5) is 11.6. The highest BCUT2D eigenvalue weighted by atomic mass is 79.9. The lowest BCUT2D eigenvalue weighted by molar-refractivity contribution is -0.155. The van der Waals surface area contributed by atoms with Crippen LogP contribution < -0.4 is 9.47 Å². The molecule has 0 bridgehead atoms. The zero-order chi connectivity index (χ0) is 16.9. The summed E-state index contributed by atoms with van der Waals surface area (Å²) in [6, 6.07) is 5.73. The highest BCUT2D eigenvalue weighted by Gasteiger charge is 2.22. The van der Waals surface area contributed by atoms with Crippen LogP contribution in [-0.4, -0.2) is 24.8 Å². The van der Waals surface area contributed by atoms with Gasteiger partial charge in [-0.1, -0.05) is 15.9 Å². The maximum absolute atomic E-state index is 11.6. The number of hydrogen-bond donors (Lipinski definition) is 0. The molecule has 4 nitrogen and oxygen atoms in total. The standard InChI is InChI=1S/C18H25BrO4/c1-18(2,3)23-17(20)5-4-8-21-15-9-14(19)10-16(11-15)22-12-13-6-7-13/h9-11,13H,4-8,12H2,1-3H3. The van der Waals surface area contributed by atoms with Crippen molar-refractivity contribution in [3.63, 3.8) is 0 Å². The normalized spacial score (nSPS) is 14.4. The molecular weight excluding hydrogens is 360 g/mol. The molecule has 2 rings (SSSR count). The zero-order valence-electron chi connectivity index (χ0n) is 14.1. The van der Waals surface area contributed by atoms with Crippen LogP contribution in [-0.2, 0) is 9.53 Å². The maximum Gasteiger partial charge on any atom is 0.306 e. The van der Waals surface area contributed by atoms with E-state index in [-0.39, 0.29) is 5.97 Å². The Morgan fingerprint density at radius 2 is 1.83 bits per heavy atom. The van der Waals surface area contributed by atoms with Gasteiger partial charge in [-0.2, -0.15) is 0 Å². The molecule has 0 radical (unpaired) electrons. The summed E-state index contributed by atoms with van der Waals surface area (Å²) in [5, 5.41) is 0. The van der Waals surface area contributed by atoms with E-state index in [0.29, 0.717) is 25.4 Å². The van der Waals surface area contributed by atoms with E-state index < -0.39 is 5.60 Å². The molecule has 0 atom stereocenters. The van der Waals surface area contributed by atoms with Gasteiger partial charge >= 0.3 is 5.97 Å². The minimum absolute atomic E-state index is 0.191. The summed E-state index contributed by atoms with van der Waals surface area (Å²) in [7, 11) is 0. The molecule has 1 aromatic rings. The number of hydrogen-bond acceptors (Lipinski definition) is 4. The zero-order valence-corrected chi connectivity index (χ0v) is 15.6. The third-order valence-corrected chi connectivity index (χ3v) is 3.70. The molecule has 0 saturated heterocycles. The highest BCUT2D eigenvalue weighted by Crippen LogP contribution is 2.31. The highest BCUT2D eigenvalue weighted by molar-refractivity contribution is 9.10. The first-order valence-corrected chi connectivity index (χ1v) is 8.89. The van der Waals surface area contributed by atoms with Crippen LogP contribution in [0, 0.1) is 5.92 Å². The molecule has 5 heteroatoms. The van der Waals surface area contributed by atoms with E-state index in [2.05, 4.69) is 15.9 Å². The van der Waals surface area contributed by atoms with E-state index in [9.17, 15) is 4.79 Å². The van der Waals surface area contributed by atoms with Crippen LogP contribution in [0.3, 0.4) is 0 Å². The van der Waals surface area contributed by atoms with Crippen molar-refractivity contribution in [1.29, 1.82) is 0 Å². The number of ether oxygens (including phenoxy) is 3. The Hall–Kier alpha value is -1.23. The fourth-order valence-corrected chi connectivity index (χ4v) is 2.45. The van der Waals surface area contributed by atoms with Crippen molar-refractivity contribution < 1.29 is 19.0 Å². The van der Waals surface area contributed by atoms with Gasteiger partial charge in [0.15, 0.2) is 0 Å². The van der Waals surface area contributed by atoms with Gasteiger partial charge in [-0.15, -0.1) is 0 Å². The first-order chi connectivity index (χ1) is 10.8. The molecule has 0 aromatic heterocycles. The minimum atomic E-state index is -0.434. The molecule has 0 N–H and O–H groups in total. The number of carbonyl (C=O) groups excluding carboxylic acids is 1. The summed E-state index contributed by atoms with van der Waals surface area (Å²) in [5.41, 5.74) is -0.434. The lowest BCUT2D eigenvalue weighted by Gasteiger charge is -2.19. The molecule has 1 aromatic carbocycles. The van der Waals surface area contributed by atoms with Crippen molar-refractivity contribution in [3.05, 3.63) is 22.7 Å². The Morgan fingerprint density at radius 1 is 1.17 bits per heavy atom. The summed E-state index contributed by atoms with van der Waals surface area (Å²) in [6.07, 6.45) is 3.51. The molecule has 1 saturated carbocycles.